The van der Waals surface area contributed by atoms with Gasteiger partial charge in [0.1, 0.15) is 5.71 Å². The van der Waals surface area contributed by atoms with E-state index in [0.717, 1.165) is 61.4 Å². The molecule has 0 fully saturated rings. The largest absolute Gasteiger partial charge is 0.369 e. The lowest BCUT2D eigenvalue weighted by Gasteiger charge is -2.33. The number of halogens is 1. The summed E-state index contributed by atoms with van der Waals surface area (Å²) in [7, 11) is 1.87. The summed E-state index contributed by atoms with van der Waals surface area (Å²) in [5.41, 5.74) is 5.80. The lowest BCUT2D eigenvalue weighted by molar-refractivity contribution is 0.211. The minimum atomic E-state index is -0.376. The van der Waals surface area contributed by atoms with Gasteiger partial charge in [0.2, 0.25) is 0 Å². The summed E-state index contributed by atoms with van der Waals surface area (Å²) >= 11 is 0. The molecule has 2 heterocycles. The normalized spacial score (nSPS) is 23.4. The predicted molar refractivity (Wildman–Crippen MR) is 152 cm³/mol. The van der Waals surface area contributed by atoms with E-state index in [-0.39, 0.29) is 12.1 Å². The van der Waals surface area contributed by atoms with Gasteiger partial charge >= 0.3 is 0 Å². The molecule has 5 nitrogen and oxygen atoms in total. The molecular weight excluding hydrogens is 449 g/mol. The monoisotopic (exact) mass is 495 g/mol. The van der Waals surface area contributed by atoms with Crippen LogP contribution in [-0.2, 0) is 0 Å². The van der Waals surface area contributed by atoms with Crippen molar-refractivity contribution in [1.29, 1.82) is 0 Å². The third-order valence-corrected chi connectivity index (χ3v) is 7.41. The number of hydrogen-bond acceptors (Lipinski definition) is 5. The van der Waals surface area contributed by atoms with Crippen LogP contribution in [-0.4, -0.2) is 60.6 Å². The molecule has 2 atom stereocenters. The first-order chi connectivity index (χ1) is 17.2. The van der Waals surface area contributed by atoms with Crippen LogP contribution >= 0.6 is 0 Å². The van der Waals surface area contributed by atoms with E-state index in [4.69, 9.17) is 4.99 Å². The van der Waals surface area contributed by atoms with Crippen LogP contribution < -0.4 is 10.2 Å². The third kappa shape index (κ3) is 6.39. The fraction of sp³-hybridized carbons (Fsp3) is 0.567. The minimum absolute atomic E-state index is 0.305. The summed E-state index contributed by atoms with van der Waals surface area (Å²) in [4.78, 5) is 11.6. The standard InChI is InChI=1S/C30H46FN5/c1-9-16-35-17-12-13-25(14-15-26(35)10-2)32-30-33-29(27(31)20-34(30)8)24-18-22(6)23(7)28(19-24)36(11-3)21(4)5/h12-14,18-21,26,30,32H,9-11,15-17H2,1-8H3/b13-12-,25-14+. The molecule has 2 aliphatic heterocycles. The molecular formula is C30H46FN5. The first-order valence-electron chi connectivity index (χ1n) is 13.6. The Morgan fingerprint density at radius 2 is 1.94 bits per heavy atom. The average molecular weight is 496 g/mol. The molecule has 6 heteroatoms. The smallest absolute Gasteiger partial charge is 0.196 e. The highest BCUT2D eigenvalue weighted by atomic mass is 19.1. The van der Waals surface area contributed by atoms with Gasteiger partial charge in [0, 0.05) is 55.4 Å². The van der Waals surface area contributed by atoms with Crippen LogP contribution in [0.5, 0.6) is 0 Å². The maximum Gasteiger partial charge on any atom is 0.196 e. The zero-order valence-corrected chi connectivity index (χ0v) is 23.6. The van der Waals surface area contributed by atoms with Crippen molar-refractivity contribution in [2.24, 2.45) is 4.99 Å². The van der Waals surface area contributed by atoms with E-state index in [2.05, 4.69) is 93.9 Å². The number of aliphatic imine (C=N–C) groups is 1. The number of benzene rings is 1. The Labute approximate surface area is 218 Å². The molecule has 0 saturated carbocycles. The lowest BCUT2D eigenvalue weighted by atomic mass is 9.98. The van der Waals surface area contributed by atoms with Crippen molar-refractivity contribution in [2.75, 3.05) is 31.6 Å². The first-order valence-corrected chi connectivity index (χ1v) is 13.6. The third-order valence-electron chi connectivity index (χ3n) is 7.41. The van der Waals surface area contributed by atoms with E-state index in [1.165, 1.54) is 5.56 Å². The molecule has 0 saturated heterocycles. The summed E-state index contributed by atoms with van der Waals surface area (Å²) in [6.45, 7) is 18.2. The number of anilines is 1. The van der Waals surface area contributed by atoms with Crippen molar-refractivity contribution >= 4 is 11.4 Å². The molecule has 0 bridgehead atoms. The Balaban J connectivity index is 1.91. The molecule has 0 spiro atoms. The Morgan fingerprint density at radius 1 is 1.19 bits per heavy atom. The van der Waals surface area contributed by atoms with Gasteiger partial charge in [0.25, 0.3) is 0 Å². The maximum absolute atomic E-state index is 15.3. The van der Waals surface area contributed by atoms with Crippen LogP contribution in [0.25, 0.3) is 0 Å². The van der Waals surface area contributed by atoms with Crippen molar-refractivity contribution in [1.82, 2.24) is 15.1 Å². The van der Waals surface area contributed by atoms with Gasteiger partial charge in [-0.2, -0.15) is 0 Å². The fourth-order valence-corrected chi connectivity index (χ4v) is 5.21. The summed E-state index contributed by atoms with van der Waals surface area (Å²) in [6.07, 6.45) is 11.1. The van der Waals surface area contributed by atoms with Crippen LogP contribution in [0.1, 0.15) is 70.6 Å². The van der Waals surface area contributed by atoms with Gasteiger partial charge in [0.05, 0.1) is 0 Å². The number of rotatable bonds is 9. The quantitative estimate of drug-likeness (QED) is 0.436. The second-order valence-corrected chi connectivity index (χ2v) is 10.3. The molecule has 0 radical (unpaired) electrons. The molecule has 3 rings (SSSR count). The number of hydrogen-bond donors (Lipinski definition) is 1. The summed E-state index contributed by atoms with van der Waals surface area (Å²) in [5.74, 6) is -0.305. The summed E-state index contributed by atoms with van der Waals surface area (Å²) in [5, 5.41) is 3.55. The molecule has 2 aliphatic rings. The van der Waals surface area contributed by atoms with Crippen molar-refractivity contribution < 1.29 is 4.39 Å². The van der Waals surface area contributed by atoms with Gasteiger partial charge in [-0.05, 0) is 89.8 Å². The van der Waals surface area contributed by atoms with Gasteiger partial charge in [0.15, 0.2) is 12.1 Å². The second-order valence-electron chi connectivity index (χ2n) is 10.3. The van der Waals surface area contributed by atoms with Gasteiger partial charge in [-0.25, -0.2) is 9.38 Å². The SMILES string of the molecule is CCCN1C/C=C\C(NC2N=C(c3cc(C)c(C)c(N(CC)C(C)C)c3)C(F)=CN2C)=C/CC1CC. The predicted octanol–water partition coefficient (Wildman–Crippen LogP) is 6.29. The average Bonchev–Trinajstić information content (AvgIpc) is 2.82. The van der Waals surface area contributed by atoms with Gasteiger partial charge in [-0.3, -0.25) is 4.90 Å². The van der Waals surface area contributed by atoms with Gasteiger partial charge in [-0.1, -0.05) is 26.0 Å². The van der Waals surface area contributed by atoms with E-state index < -0.39 is 0 Å². The van der Waals surface area contributed by atoms with Crippen LogP contribution in [0, 0.1) is 13.8 Å². The first kappa shape index (κ1) is 28.0. The summed E-state index contributed by atoms with van der Waals surface area (Å²) < 4.78 is 15.3. The molecule has 2 unspecified atom stereocenters. The van der Waals surface area contributed by atoms with E-state index >= 15 is 4.39 Å². The minimum Gasteiger partial charge on any atom is -0.369 e. The molecule has 1 N–H and O–H groups in total. The Morgan fingerprint density at radius 3 is 2.58 bits per heavy atom. The molecule has 0 amide bonds. The highest BCUT2D eigenvalue weighted by molar-refractivity contribution is 6.12. The molecule has 1 aromatic rings. The van der Waals surface area contributed by atoms with Crippen molar-refractivity contribution in [3.05, 3.63) is 64.8 Å². The van der Waals surface area contributed by atoms with E-state index in [1.54, 1.807) is 11.1 Å². The second kappa shape index (κ2) is 12.6. The molecule has 1 aromatic carbocycles. The Kier molecular flexibility index (Phi) is 9.77. The van der Waals surface area contributed by atoms with Crippen molar-refractivity contribution in [3.63, 3.8) is 0 Å². The van der Waals surface area contributed by atoms with Gasteiger partial charge in [-0.15, -0.1) is 0 Å². The fourth-order valence-electron chi connectivity index (χ4n) is 5.21. The van der Waals surface area contributed by atoms with Crippen LogP contribution in [0.15, 0.2) is 53.1 Å². The van der Waals surface area contributed by atoms with E-state index in [9.17, 15) is 0 Å². The van der Waals surface area contributed by atoms with Crippen molar-refractivity contribution in [3.8, 4) is 0 Å². The zero-order valence-electron chi connectivity index (χ0n) is 23.6. The molecule has 0 aromatic heterocycles. The summed E-state index contributed by atoms with van der Waals surface area (Å²) in [6, 6.07) is 5.05. The topological polar surface area (TPSA) is 34.1 Å². The Bertz CT molecular complexity index is 1020. The van der Waals surface area contributed by atoms with Crippen LogP contribution in [0.3, 0.4) is 0 Å². The number of allylic oxidation sites excluding steroid dienone is 2. The lowest BCUT2D eigenvalue weighted by Crippen LogP contribution is -2.42. The van der Waals surface area contributed by atoms with Crippen molar-refractivity contribution in [2.45, 2.75) is 86.1 Å². The number of nitrogens with one attached hydrogen (secondary N) is 1. The number of nitrogens with zero attached hydrogens (tertiary/aromatic N) is 4. The van der Waals surface area contributed by atoms with Gasteiger partial charge < -0.3 is 15.1 Å². The highest BCUT2D eigenvalue weighted by Gasteiger charge is 2.25. The maximum atomic E-state index is 15.3. The molecule has 36 heavy (non-hydrogen) atoms. The number of aryl methyl sites for hydroxylation is 1. The molecule has 198 valence electrons. The highest BCUT2D eigenvalue weighted by Crippen LogP contribution is 2.29. The Hall–Kier alpha value is -2.60. The molecule has 0 aliphatic carbocycles. The zero-order chi connectivity index (χ0) is 26.4. The van der Waals surface area contributed by atoms with E-state index in [1.807, 2.05) is 7.05 Å². The van der Waals surface area contributed by atoms with Crippen LogP contribution in [0.2, 0.25) is 0 Å². The van der Waals surface area contributed by atoms with E-state index in [0.29, 0.717) is 17.8 Å². The van der Waals surface area contributed by atoms with Crippen LogP contribution in [0.4, 0.5) is 10.1 Å².